The van der Waals surface area contributed by atoms with Gasteiger partial charge in [0.15, 0.2) is 0 Å². The van der Waals surface area contributed by atoms with Crippen molar-refractivity contribution in [1.82, 2.24) is 10.2 Å². The molecule has 0 aromatic heterocycles. The van der Waals surface area contributed by atoms with Gasteiger partial charge in [-0.1, -0.05) is 12.1 Å². The van der Waals surface area contributed by atoms with E-state index in [0.29, 0.717) is 24.1 Å². The van der Waals surface area contributed by atoms with Gasteiger partial charge in [0.2, 0.25) is 5.91 Å². The van der Waals surface area contributed by atoms with E-state index in [-0.39, 0.29) is 48.0 Å². The zero-order valence-corrected chi connectivity index (χ0v) is 22.0. The second kappa shape index (κ2) is 10.4. The zero-order chi connectivity index (χ0) is 28.9. The maximum Gasteiger partial charge on any atom is 0.416 e. The Labute approximate surface area is 222 Å². The number of nitrogens with zero attached hydrogens (tertiary/aromatic N) is 1. The number of carbonyl (C=O) groups is 1. The van der Waals surface area contributed by atoms with Crippen LogP contribution < -0.4 is 5.32 Å². The maximum absolute atomic E-state index is 13.7. The second-order valence-corrected chi connectivity index (χ2v) is 11.0. The number of benzene rings is 2. The summed E-state index contributed by atoms with van der Waals surface area (Å²) in [6.07, 6.45) is -11.0. The monoisotopic (exact) mass is 560 g/mol. The van der Waals surface area contributed by atoms with E-state index in [1.165, 1.54) is 19.1 Å². The van der Waals surface area contributed by atoms with Crippen LogP contribution in [0.1, 0.15) is 67.9 Å². The number of hydrogen-bond donors (Lipinski definition) is 1. The summed E-state index contributed by atoms with van der Waals surface area (Å²) >= 11 is 0. The molecule has 4 nitrogen and oxygen atoms in total. The van der Waals surface area contributed by atoms with E-state index in [1.54, 1.807) is 24.1 Å². The van der Waals surface area contributed by atoms with Crippen LogP contribution in [0.15, 0.2) is 42.5 Å². The van der Waals surface area contributed by atoms with E-state index in [0.717, 1.165) is 0 Å². The zero-order valence-electron chi connectivity index (χ0n) is 22.0. The van der Waals surface area contributed by atoms with Crippen molar-refractivity contribution in [1.29, 1.82) is 0 Å². The van der Waals surface area contributed by atoms with E-state index in [2.05, 4.69) is 5.32 Å². The van der Waals surface area contributed by atoms with Gasteiger partial charge in [-0.05, 0) is 81.6 Å². The van der Waals surface area contributed by atoms with Gasteiger partial charge in [0.05, 0.1) is 23.3 Å². The van der Waals surface area contributed by atoms with Crippen LogP contribution in [-0.2, 0) is 21.9 Å². The number of carbonyl (C=O) groups excluding carboxylic acids is 1. The van der Waals surface area contributed by atoms with E-state index in [9.17, 15) is 35.5 Å². The molecule has 214 valence electrons. The molecule has 0 spiro atoms. The number of rotatable bonds is 6. The van der Waals surface area contributed by atoms with Gasteiger partial charge in [-0.15, -0.1) is 0 Å². The summed E-state index contributed by atoms with van der Waals surface area (Å²) in [5, 5.41) is 3.24. The summed E-state index contributed by atoms with van der Waals surface area (Å²) in [5.74, 6) is -1.06. The van der Waals surface area contributed by atoms with Crippen molar-refractivity contribution < 1.29 is 40.3 Å². The predicted octanol–water partition coefficient (Wildman–Crippen LogP) is 6.71. The van der Waals surface area contributed by atoms with Crippen molar-refractivity contribution in [2.75, 3.05) is 13.6 Å². The number of piperidine rings is 1. The van der Waals surface area contributed by atoms with Gasteiger partial charge in [-0.2, -0.15) is 26.3 Å². The summed E-state index contributed by atoms with van der Waals surface area (Å²) in [4.78, 5) is 14.9. The van der Waals surface area contributed by atoms with E-state index >= 15 is 0 Å². The molecule has 2 aromatic carbocycles. The van der Waals surface area contributed by atoms with Gasteiger partial charge < -0.3 is 15.0 Å². The lowest BCUT2D eigenvalue weighted by Crippen LogP contribution is -2.53. The Kier molecular flexibility index (Phi) is 7.81. The standard InChI is InChI=1S/C28H31F7N2O2/c1-15(17-9-19(27(30,31)32)11-20(10-17)28(33,34)35)39-23-14-37-22(25(23)16-5-7-21(29)8-6-16)12-18(13-24(37)38)26(2,3)36-4/h5-11,15,18,22-23,25,36H,12-14H2,1-4H3/t15-,18?,22+,23+,25?/m1/s1. The molecule has 2 aliphatic rings. The highest BCUT2D eigenvalue weighted by molar-refractivity contribution is 5.78. The van der Waals surface area contributed by atoms with Crippen LogP contribution in [0.25, 0.3) is 0 Å². The van der Waals surface area contributed by atoms with E-state index < -0.39 is 47.4 Å². The van der Waals surface area contributed by atoms with Gasteiger partial charge in [0, 0.05) is 30.5 Å². The number of alkyl halides is 6. The quantitative estimate of drug-likeness (QED) is 0.400. The minimum Gasteiger partial charge on any atom is -0.368 e. The van der Waals surface area contributed by atoms with Crippen molar-refractivity contribution in [3.05, 3.63) is 70.5 Å². The molecular formula is C28H31F7N2O2. The van der Waals surface area contributed by atoms with Crippen LogP contribution in [0.5, 0.6) is 0 Å². The fraction of sp³-hybridized carbons (Fsp3) is 0.536. The summed E-state index contributed by atoms with van der Waals surface area (Å²) in [5.41, 5.74) is -2.81. The molecule has 0 radical (unpaired) electrons. The van der Waals surface area contributed by atoms with Gasteiger partial charge in [-0.3, -0.25) is 4.79 Å². The lowest BCUT2D eigenvalue weighted by molar-refractivity contribution is -0.143. The molecule has 39 heavy (non-hydrogen) atoms. The van der Waals surface area contributed by atoms with Crippen molar-refractivity contribution in [3.63, 3.8) is 0 Å². The maximum atomic E-state index is 13.7. The highest BCUT2D eigenvalue weighted by Crippen LogP contribution is 2.46. The Morgan fingerprint density at radius 2 is 1.54 bits per heavy atom. The molecule has 0 saturated carbocycles. The van der Waals surface area contributed by atoms with Crippen molar-refractivity contribution in [2.24, 2.45) is 5.92 Å². The predicted molar refractivity (Wildman–Crippen MR) is 130 cm³/mol. The van der Waals surface area contributed by atoms with Gasteiger partial charge in [0.1, 0.15) is 5.82 Å². The fourth-order valence-corrected chi connectivity index (χ4v) is 5.71. The van der Waals surface area contributed by atoms with Gasteiger partial charge in [-0.25, -0.2) is 4.39 Å². The molecule has 11 heteroatoms. The fourth-order valence-electron chi connectivity index (χ4n) is 5.71. The molecule has 2 saturated heterocycles. The summed E-state index contributed by atoms with van der Waals surface area (Å²) in [6.45, 7) is 5.49. The molecular weight excluding hydrogens is 529 g/mol. The molecule has 0 bridgehead atoms. The summed E-state index contributed by atoms with van der Waals surface area (Å²) < 4.78 is 101. The van der Waals surface area contributed by atoms with Crippen LogP contribution in [-0.4, -0.2) is 42.1 Å². The number of halogens is 7. The molecule has 2 heterocycles. The molecule has 2 aliphatic heterocycles. The largest absolute Gasteiger partial charge is 0.416 e. The molecule has 2 unspecified atom stereocenters. The molecule has 1 N–H and O–H groups in total. The normalized spacial score (nSPS) is 25.1. The topological polar surface area (TPSA) is 41.6 Å². The minimum atomic E-state index is -4.98. The Bertz CT molecular complexity index is 1160. The number of nitrogens with one attached hydrogen (secondary N) is 1. The van der Waals surface area contributed by atoms with Crippen LogP contribution in [0.3, 0.4) is 0 Å². The first kappa shape index (κ1) is 29.3. The Balaban J connectivity index is 1.70. The first-order valence-electron chi connectivity index (χ1n) is 12.7. The third-order valence-corrected chi connectivity index (χ3v) is 8.24. The van der Waals surface area contributed by atoms with Crippen molar-refractivity contribution >= 4 is 5.91 Å². The average molecular weight is 561 g/mol. The Hall–Kier alpha value is -2.66. The third-order valence-electron chi connectivity index (χ3n) is 8.24. The first-order valence-corrected chi connectivity index (χ1v) is 12.7. The van der Waals surface area contributed by atoms with Crippen LogP contribution in [0.4, 0.5) is 30.7 Å². The molecule has 2 fully saturated rings. The highest BCUT2D eigenvalue weighted by Gasteiger charge is 2.51. The van der Waals surface area contributed by atoms with E-state index in [4.69, 9.17) is 4.74 Å². The summed E-state index contributed by atoms with van der Waals surface area (Å²) in [7, 11) is 1.81. The average Bonchev–Trinajstić information content (AvgIpc) is 3.21. The van der Waals surface area contributed by atoms with Gasteiger partial charge >= 0.3 is 12.4 Å². The number of ether oxygens (including phenoxy) is 1. The van der Waals surface area contributed by atoms with Gasteiger partial charge in [0.25, 0.3) is 0 Å². The second-order valence-electron chi connectivity index (χ2n) is 11.0. The Morgan fingerprint density at radius 1 is 0.974 bits per heavy atom. The van der Waals surface area contributed by atoms with Crippen LogP contribution >= 0.6 is 0 Å². The molecule has 1 amide bonds. The number of hydrogen-bond acceptors (Lipinski definition) is 3. The number of fused-ring (bicyclic) bond motifs is 1. The van der Waals surface area contributed by atoms with Crippen molar-refractivity contribution in [2.45, 2.75) is 75.7 Å². The van der Waals surface area contributed by atoms with Crippen LogP contribution in [0.2, 0.25) is 0 Å². The third kappa shape index (κ3) is 6.09. The Morgan fingerprint density at radius 3 is 2.05 bits per heavy atom. The molecule has 2 aromatic rings. The SMILES string of the molecule is CNC(C)(C)C1CC(=O)N2C[C@H](O[C@H](C)c3cc(C(F)(F)F)cc(C(F)(F)F)c3)C(c3ccc(F)cc3)[C@@H]2C1. The molecule has 4 rings (SSSR count). The minimum absolute atomic E-state index is 0.0341. The highest BCUT2D eigenvalue weighted by atomic mass is 19.4. The van der Waals surface area contributed by atoms with Crippen LogP contribution in [0, 0.1) is 11.7 Å². The first-order chi connectivity index (χ1) is 18.0. The molecule has 5 atom stereocenters. The van der Waals surface area contributed by atoms with Crippen molar-refractivity contribution in [3.8, 4) is 0 Å². The van der Waals surface area contributed by atoms with E-state index in [1.807, 2.05) is 13.8 Å². The smallest absolute Gasteiger partial charge is 0.368 e. The lowest BCUT2D eigenvalue weighted by atomic mass is 9.74. The number of amides is 1. The molecule has 0 aliphatic carbocycles. The lowest BCUT2D eigenvalue weighted by Gasteiger charge is -2.43. The summed E-state index contributed by atoms with van der Waals surface area (Å²) in [6, 6.07) is 6.77.